The molecule has 0 bridgehead atoms. The van der Waals surface area contributed by atoms with Crippen LogP contribution >= 0.6 is 23.2 Å². The maximum absolute atomic E-state index is 13.7. The Bertz CT molecular complexity index is 1160. The second-order valence-electron chi connectivity index (χ2n) is 8.51. The molecule has 0 heterocycles. The summed E-state index contributed by atoms with van der Waals surface area (Å²) in [4.78, 5) is 28.2. The number of anilines is 1. The van der Waals surface area contributed by atoms with E-state index >= 15 is 0 Å². The molecule has 2 aromatic rings. The lowest BCUT2D eigenvalue weighted by Gasteiger charge is -2.34. The molecule has 0 aromatic heterocycles. The molecule has 1 N–H and O–H groups in total. The lowest BCUT2D eigenvalue weighted by atomic mass is 10.1. The van der Waals surface area contributed by atoms with E-state index in [0.29, 0.717) is 33.3 Å². The van der Waals surface area contributed by atoms with Gasteiger partial charge in [0.15, 0.2) is 0 Å². The SMILES string of the molecule is CC[C@H](C)NC(=O)[C@H](CC)N(Cc1ccccc1Cl)C(=O)CN(c1cccc(Cl)c1C)S(C)(=O)=O. The maximum atomic E-state index is 13.7. The average molecular weight is 543 g/mol. The van der Waals surface area contributed by atoms with Crippen molar-refractivity contribution in [3.05, 3.63) is 63.6 Å². The van der Waals surface area contributed by atoms with Crippen LogP contribution in [0.4, 0.5) is 5.69 Å². The highest BCUT2D eigenvalue weighted by atomic mass is 35.5. The van der Waals surface area contributed by atoms with Gasteiger partial charge in [-0.25, -0.2) is 8.42 Å². The van der Waals surface area contributed by atoms with Gasteiger partial charge in [-0.15, -0.1) is 0 Å². The summed E-state index contributed by atoms with van der Waals surface area (Å²) in [6, 6.07) is 11.0. The summed E-state index contributed by atoms with van der Waals surface area (Å²) in [5.74, 6) is -0.826. The minimum absolute atomic E-state index is 0.0526. The van der Waals surface area contributed by atoms with E-state index < -0.39 is 28.5 Å². The summed E-state index contributed by atoms with van der Waals surface area (Å²) in [6.07, 6.45) is 2.11. The first-order valence-electron chi connectivity index (χ1n) is 11.5. The molecule has 0 spiro atoms. The van der Waals surface area contributed by atoms with Crippen molar-refractivity contribution in [2.75, 3.05) is 17.1 Å². The summed E-state index contributed by atoms with van der Waals surface area (Å²) in [6.45, 7) is 6.90. The fraction of sp³-hybridized carbons (Fsp3) is 0.440. The second kappa shape index (κ2) is 12.6. The summed E-state index contributed by atoms with van der Waals surface area (Å²) in [7, 11) is -3.84. The van der Waals surface area contributed by atoms with Gasteiger partial charge in [0.25, 0.3) is 0 Å². The number of carbonyl (C=O) groups excluding carboxylic acids is 2. The second-order valence-corrected chi connectivity index (χ2v) is 11.2. The smallest absolute Gasteiger partial charge is 0.244 e. The molecular formula is C25H33Cl2N3O4S. The van der Waals surface area contributed by atoms with Gasteiger partial charge in [0, 0.05) is 22.6 Å². The number of hydrogen-bond donors (Lipinski definition) is 1. The molecule has 0 fully saturated rings. The van der Waals surface area contributed by atoms with Crippen LogP contribution in [0.1, 0.15) is 44.7 Å². The monoisotopic (exact) mass is 541 g/mol. The normalized spacial score (nSPS) is 13.1. The maximum Gasteiger partial charge on any atom is 0.244 e. The Balaban J connectivity index is 2.50. The van der Waals surface area contributed by atoms with E-state index in [-0.39, 0.29) is 18.5 Å². The number of nitrogens with one attached hydrogen (secondary N) is 1. The molecule has 0 saturated heterocycles. The van der Waals surface area contributed by atoms with Gasteiger partial charge >= 0.3 is 0 Å². The van der Waals surface area contributed by atoms with Crippen molar-refractivity contribution < 1.29 is 18.0 Å². The Kier molecular flexibility index (Phi) is 10.4. The highest BCUT2D eigenvalue weighted by Gasteiger charge is 2.32. The van der Waals surface area contributed by atoms with Crippen LogP contribution in [0.3, 0.4) is 0 Å². The quantitative estimate of drug-likeness (QED) is 0.443. The number of amides is 2. The van der Waals surface area contributed by atoms with Gasteiger partial charge < -0.3 is 10.2 Å². The molecule has 0 aliphatic heterocycles. The highest BCUT2D eigenvalue weighted by Crippen LogP contribution is 2.29. The number of sulfonamides is 1. The van der Waals surface area contributed by atoms with Crippen LogP contribution in [-0.2, 0) is 26.2 Å². The summed E-state index contributed by atoms with van der Waals surface area (Å²) < 4.78 is 26.5. The molecule has 2 aromatic carbocycles. The van der Waals surface area contributed by atoms with E-state index in [1.54, 1.807) is 49.4 Å². The van der Waals surface area contributed by atoms with E-state index in [1.807, 2.05) is 20.8 Å². The number of halogens is 2. The van der Waals surface area contributed by atoms with Crippen LogP contribution in [0.2, 0.25) is 10.0 Å². The topological polar surface area (TPSA) is 86.8 Å². The van der Waals surface area contributed by atoms with Crippen LogP contribution < -0.4 is 9.62 Å². The molecule has 0 unspecified atom stereocenters. The third-order valence-electron chi connectivity index (χ3n) is 5.87. The zero-order valence-corrected chi connectivity index (χ0v) is 23.0. The zero-order valence-electron chi connectivity index (χ0n) is 20.7. The van der Waals surface area contributed by atoms with Gasteiger partial charge in [0.2, 0.25) is 21.8 Å². The molecule has 2 atom stereocenters. The number of carbonyl (C=O) groups is 2. The fourth-order valence-corrected chi connectivity index (χ4v) is 4.90. The largest absolute Gasteiger partial charge is 0.352 e. The lowest BCUT2D eigenvalue weighted by Crippen LogP contribution is -2.53. The number of benzene rings is 2. The summed E-state index contributed by atoms with van der Waals surface area (Å²) in [5, 5.41) is 3.77. The molecule has 0 aliphatic rings. The van der Waals surface area contributed by atoms with Gasteiger partial charge in [-0.2, -0.15) is 0 Å². The van der Waals surface area contributed by atoms with Crippen LogP contribution in [0.25, 0.3) is 0 Å². The minimum Gasteiger partial charge on any atom is -0.352 e. The van der Waals surface area contributed by atoms with Gasteiger partial charge in [0.1, 0.15) is 12.6 Å². The van der Waals surface area contributed by atoms with Crippen molar-refractivity contribution in [2.45, 2.75) is 59.2 Å². The zero-order chi connectivity index (χ0) is 26.3. The van der Waals surface area contributed by atoms with Crippen LogP contribution in [0.5, 0.6) is 0 Å². The molecule has 10 heteroatoms. The Morgan fingerprint density at radius 2 is 1.63 bits per heavy atom. The van der Waals surface area contributed by atoms with E-state index in [1.165, 1.54) is 4.90 Å². The molecule has 2 rings (SSSR count). The van der Waals surface area contributed by atoms with Crippen molar-refractivity contribution in [1.29, 1.82) is 0 Å². The van der Waals surface area contributed by atoms with Gasteiger partial charge in [-0.05, 0) is 56.0 Å². The molecule has 0 aliphatic carbocycles. The average Bonchev–Trinajstić information content (AvgIpc) is 2.79. The van der Waals surface area contributed by atoms with Crippen molar-refractivity contribution in [2.24, 2.45) is 0 Å². The Morgan fingerprint density at radius 3 is 2.20 bits per heavy atom. The third kappa shape index (κ3) is 7.59. The van der Waals surface area contributed by atoms with Crippen LogP contribution in [0.15, 0.2) is 42.5 Å². The Labute approximate surface area is 218 Å². The number of rotatable bonds is 11. The lowest BCUT2D eigenvalue weighted by molar-refractivity contribution is -0.140. The third-order valence-corrected chi connectivity index (χ3v) is 7.78. The highest BCUT2D eigenvalue weighted by molar-refractivity contribution is 7.92. The number of nitrogens with zero attached hydrogens (tertiary/aromatic N) is 2. The van der Waals surface area contributed by atoms with Crippen molar-refractivity contribution in [3.8, 4) is 0 Å². The standard InChI is InChI=1S/C25H33Cl2N3O4S/c1-6-17(3)28-25(32)22(7-2)29(15-19-11-8-9-12-21(19)27)24(31)16-30(35(5,33)34)23-14-10-13-20(26)18(23)4/h8-14,17,22H,6-7,15-16H2,1-5H3,(H,28,32)/t17-,22-/m0/s1. The van der Waals surface area contributed by atoms with Crippen molar-refractivity contribution >= 4 is 50.7 Å². The predicted octanol–water partition coefficient (Wildman–Crippen LogP) is 4.79. The van der Waals surface area contributed by atoms with Gasteiger partial charge in [-0.1, -0.05) is 61.3 Å². The number of hydrogen-bond acceptors (Lipinski definition) is 4. The Hall–Kier alpha value is -2.29. The first kappa shape index (κ1) is 28.9. The Morgan fingerprint density at radius 1 is 1.00 bits per heavy atom. The minimum atomic E-state index is -3.84. The first-order valence-corrected chi connectivity index (χ1v) is 14.1. The summed E-state index contributed by atoms with van der Waals surface area (Å²) in [5.41, 5.74) is 1.50. The van der Waals surface area contributed by atoms with E-state index in [0.717, 1.165) is 17.0 Å². The molecule has 7 nitrogen and oxygen atoms in total. The van der Waals surface area contributed by atoms with Crippen molar-refractivity contribution in [3.63, 3.8) is 0 Å². The molecular weight excluding hydrogens is 509 g/mol. The molecule has 0 saturated carbocycles. The van der Waals surface area contributed by atoms with E-state index in [4.69, 9.17) is 23.2 Å². The first-order chi connectivity index (χ1) is 16.4. The molecule has 35 heavy (non-hydrogen) atoms. The molecule has 2 amide bonds. The van der Waals surface area contributed by atoms with Gasteiger partial charge in [-0.3, -0.25) is 13.9 Å². The van der Waals surface area contributed by atoms with Crippen LogP contribution in [-0.4, -0.2) is 50.0 Å². The summed E-state index contributed by atoms with van der Waals surface area (Å²) >= 11 is 12.6. The fourth-order valence-electron chi connectivity index (χ4n) is 3.63. The van der Waals surface area contributed by atoms with E-state index in [9.17, 15) is 18.0 Å². The van der Waals surface area contributed by atoms with Crippen molar-refractivity contribution in [1.82, 2.24) is 10.2 Å². The molecule has 192 valence electrons. The molecule has 0 radical (unpaired) electrons. The predicted molar refractivity (Wildman–Crippen MR) is 142 cm³/mol. The van der Waals surface area contributed by atoms with E-state index in [2.05, 4.69) is 5.32 Å². The van der Waals surface area contributed by atoms with Crippen LogP contribution in [0, 0.1) is 6.92 Å². The van der Waals surface area contributed by atoms with Gasteiger partial charge in [0.05, 0.1) is 11.9 Å².